The van der Waals surface area contributed by atoms with E-state index < -0.39 is 0 Å². The zero-order valence-corrected chi connectivity index (χ0v) is 12.8. The molecule has 0 spiro atoms. The Morgan fingerprint density at radius 1 is 1.14 bits per heavy atom. The molecule has 1 heterocycles. The van der Waals surface area contributed by atoms with E-state index in [0.717, 1.165) is 28.8 Å². The SMILES string of the molecule is NC(c1ccc(F)c(Br)c1)c1ccc2c(c1)CCC(=O)N2. The van der Waals surface area contributed by atoms with Crippen molar-refractivity contribution in [3.8, 4) is 0 Å². The molecule has 0 saturated heterocycles. The van der Waals surface area contributed by atoms with Gasteiger partial charge in [-0.05, 0) is 57.2 Å². The molecular weight excluding hydrogens is 335 g/mol. The second kappa shape index (κ2) is 5.58. The predicted octanol–water partition coefficient (Wildman–Crippen LogP) is 3.52. The van der Waals surface area contributed by atoms with E-state index in [0.29, 0.717) is 10.9 Å². The Morgan fingerprint density at radius 2 is 1.86 bits per heavy atom. The highest BCUT2D eigenvalue weighted by Crippen LogP contribution is 2.29. The Kier molecular flexibility index (Phi) is 3.78. The number of amides is 1. The molecule has 21 heavy (non-hydrogen) atoms. The molecule has 1 unspecified atom stereocenters. The van der Waals surface area contributed by atoms with E-state index in [4.69, 9.17) is 5.73 Å². The number of aryl methyl sites for hydroxylation is 1. The van der Waals surface area contributed by atoms with Crippen LogP contribution in [0.4, 0.5) is 10.1 Å². The lowest BCUT2D eigenvalue weighted by molar-refractivity contribution is -0.116. The van der Waals surface area contributed by atoms with Gasteiger partial charge in [0.15, 0.2) is 0 Å². The van der Waals surface area contributed by atoms with Crippen LogP contribution in [0, 0.1) is 5.82 Å². The summed E-state index contributed by atoms with van der Waals surface area (Å²) < 4.78 is 13.7. The molecule has 0 fully saturated rings. The van der Waals surface area contributed by atoms with Crippen molar-refractivity contribution in [3.05, 3.63) is 63.4 Å². The number of nitrogens with one attached hydrogen (secondary N) is 1. The molecule has 1 aliphatic heterocycles. The van der Waals surface area contributed by atoms with Crippen molar-refractivity contribution in [2.75, 3.05) is 5.32 Å². The summed E-state index contributed by atoms with van der Waals surface area (Å²) in [5.74, 6) is -0.263. The maximum atomic E-state index is 13.3. The Hall–Kier alpha value is -1.72. The standard InChI is InChI=1S/C16H14BrFN2O/c17-12-8-11(1-4-13(12)18)16(19)10-2-5-14-9(7-10)3-6-15(21)20-14/h1-2,4-5,7-8,16H,3,6,19H2,(H,20,21). The summed E-state index contributed by atoms with van der Waals surface area (Å²) in [4.78, 5) is 11.4. The summed E-state index contributed by atoms with van der Waals surface area (Å²) in [5, 5.41) is 2.85. The lowest BCUT2D eigenvalue weighted by atomic mass is 9.94. The quantitative estimate of drug-likeness (QED) is 0.872. The van der Waals surface area contributed by atoms with E-state index >= 15 is 0 Å². The fraction of sp³-hybridized carbons (Fsp3) is 0.188. The van der Waals surface area contributed by atoms with Gasteiger partial charge in [-0.15, -0.1) is 0 Å². The highest BCUT2D eigenvalue weighted by molar-refractivity contribution is 9.10. The molecular formula is C16H14BrFN2O. The molecule has 1 atom stereocenters. The van der Waals surface area contributed by atoms with Gasteiger partial charge in [0.05, 0.1) is 10.5 Å². The second-order valence-corrected chi connectivity index (χ2v) is 5.97. The smallest absolute Gasteiger partial charge is 0.224 e. The Morgan fingerprint density at radius 3 is 2.62 bits per heavy atom. The minimum Gasteiger partial charge on any atom is -0.326 e. The van der Waals surface area contributed by atoms with Gasteiger partial charge in [0.25, 0.3) is 0 Å². The number of nitrogens with two attached hydrogens (primary N) is 1. The van der Waals surface area contributed by atoms with Crippen molar-refractivity contribution >= 4 is 27.5 Å². The third-order valence-electron chi connectivity index (χ3n) is 3.69. The summed E-state index contributed by atoms with van der Waals surface area (Å²) in [6.07, 6.45) is 1.21. The zero-order valence-electron chi connectivity index (χ0n) is 11.2. The third-order valence-corrected chi connectivity index (χ3v) is 4.29. The minimum atomic E-state index is -0.329. The Labute approximate surface area is 130 Å². The number of hydrogen-bond donors (Lipinski definition) is 2. The van der Waals surface area contributed by atoms with Crippen molar-refractivity contribution in [2.24, 2.45) is 5.73 Å². The first-order chi connectivity index (χ1) is 10.0. The highest BCUT2D eigenvalue weighted by atomic mass is 79.9. The van der Waals surface area contributed by atoms with Crippen LogP contribution in [0.1, 0.15) is 29.2 Å². The molecule has 5 heteroatoms. The van der Waals surface area contributed by atoms with E-state index in [2.05, 4.69) is 21.2 Å². The maximum absolute atomic E-state index is 13.3. The number of rotatable bonds is 2. The molecule has 2 aromatic rings. The van der Waals surface area contributed by atoms with Gasteiger partial charge < -0.3 is 11.1 Å². The number of benzene rings is 2. The zero-order chi connectivity index (χ0) is 15.0. The molecule has 108 valence electrons. The number of halogens is 2. The van der Waals surface area contributed by atoms with Gasteiger partial charge in [-0.1, -0.05) is 18.2 Å². The first-order valence-corrected chi connectivity index (χ1v) is 7.47. The van der Waals surface area contributed by atoms with Crippen LogP contribution in [-0.4, -0.2) is 5.91 Å². The number of anilines is 1. The number of hydrogen-bond acceptors (Lipinski definition) is 2. The Balaban J connectivity index is 1.93. The first kappa shape index (κ1) is 14.2. The summed E-state index contributed by atoms with van der Waals surface area (Å²) in [7, 11) is 0. The fourth-order valence-corrected chi connectivity index (χ4v) is 2.89. The number of carbonyl (C=O) groups is 1. The molecule has 3 nitrogen and oxygen atoms in total. The largest absolute Gasteiger partial charge is 0.326 e. The average Bonchev–Trinajstić information content (AvgIpc) is 2.49. The van der Waals surface area contributed by atoms with Crippen LogP contribution in [0.5, 0.6) is 0 Å². The molecule has 1 aliphatic rings. The lowest BCUT2D eigenvalue weighted by Crippen LogP contribution is -2.20. The fourth-order valence-electron chi connectivity index (χ4n) is 2.50. The van der Waals surface area contributed by atoms with Gasteiger partial charge in [-0.2, -0.15) is 0 Å². The van der Waals surface area contributed by atoms with E-state index in [9.17, 15) is 9.18 Å². The third kappa shape index (κ3) is 2.84. The molecule has 3 rings (SSSR count). The highest BCUT2D eigenvalue weighted by Gasteiger charge is 2.17. The van der Waals surface area contributed by atoms with Crippen molar-refractivity contribution < 1.29 is 9.18 Å². The molecule has 2 aromatic carbocycles. The normalized spacial score (nSPS) is 15.3. The molecule has 0 aliphatic carbocycles. The minimum absolute atomic E-state index is 0.0435. The van der Waals surface area contributed by atoms with Crippen LogP contribution in [0.3, 0.4) is 0 Å². The first-order valence-electron chi connectivity index (χ1n) is 6.68. The van der Waals surface area contributed by atoms with E-state index in [1.807, 2.05) is 18.2 Å². The van der Waals surface area contributed by atoms with Crippen LogP contribution >= 0.6 is 15.9 Å². The van der Waals surface area contributed by atoms with E-state index in [1.165, 1.54) is 6.07 Å². The van der Waals surface area contributed by atoms with Crippen LogP contribution in [0.15, 0.2) is 40.9 Å². The van der Waals surface area contributed by atoms with Gasteiger partial charge in [0, 0.05) is 12.1 Å². The summed E-state index contributed by atoms with van der Waals surface area (Å²) in [5.41, 5.74) is 9.99. The van der Waals surface area contributed by atoms with Gasteiger partial charge in [-0.25, -0.2) is 4.39 Å². The van der Waals surface area contributed by atoms with Crippen LogP contribution in [0.25, 0.3) is 0 Å². The molecule has 0 bridgehead atoms. The Bertz CT molecular complexity index is 717. The van der Waals surface area contributed by atoms with Gasteiger partial charge >= 0.3 is 0 Å². The van der Waals surface area contributed by atoms with Crippen LogP contribution in [-0.2, 0) is 11.2 Å². The lowest BCUT2D eigenvalue weighted by Gasteiger charge is -2.20. The average molecular weight is 349 g/mol. The summed E-state index contributed by atoms with van der Waals surface area (Å²) in [6, 6.07) is 10.2. The van der Waals surface area contributed by atoms with Gasteiger partial charge in [-0.3, -0.25) is 4.79 Å². The molecule has 1 amide bonds. The molecule has 0 radical (unpaired) electrons. The van der Waals surface area contributed by atoms with E-state index in [-0.39, 0.29) is 17.8 Å². The second-order valence-electron chi connectivity index (χ2n) is 5.12. The van der Waals surface area contributed by atoms with Crippen molar-refractivity contribution in [2.45, 2.75) is 18.9 Å². The summed E-state index contributed by atoms with van der Waals surface area (Å²) in [6.45, 7) is 0. The van der Waals surface area contributed by atoms with Gasteiger partial charge in [0.2, 0.25) is 5.91 Å². The van der Waals surface area contributed by atoms with E-state index in [1.54, 1.807) is 12.1 Å². The maximum Gasteiger partial charge on any atom is 0.224 e. The van der Waals surface area contributed by atoms with Crippen LogP contribution in [0.2, 0.25) is 0 Å². The van der Waals surface area contributed by atoms with Crippen molar-refractivity contribution in [3.63, 3.8) is 0 Å². The van der Waals surface area contributed by atoms with Crippen LogP contribution < -0.4 is 11.1 Å². The molecule has 0 aromatic heterocycles. The number of carbonyl (C=O) groups excluding carboxylic acids is 1. The monoisotopic (exact) mass is 348 g/mol. The van der Waals surface area contributed by atoms with Crippen molar-refractivity contribution in [1.82, 2.24) is 0 Å². The van der Waals surface area contributed by atoms with Gasteiger partial charge in [0.1, 0.15) is 5.82 Å². The summed E-state index contributed by atoms with van der Waals surface area (Å²) >= 11 is 3.18. The molecule has 3 N–H and O–H groups in total. The molecule has 0 saturated carbocycles. The number of fused-ring (bicyclic) bond motifs is 1. The topological polar surface area (TPSA) is 55.1 Å². The predicted molar refractivity (Wildman–Crippen MR) is 83.5 cm³/mol. The van der Waals surface area contributed by atoms with Crippen molar-refractivity contribution in [1.29, 1.82) is 0 Å².